The van der Waals surface area contributed by atoms with Crippen molar-refractivity contribution in [2.75, 3.05) is 20.1 Å². The predicted octanol–water partition coefficient (Wildman–Crippen LogP) is 0.826. The lowest BCUT2D eigenvalue weighted by Gasteiger charge is -2.35. The summed E-state index contributed by atoms with van der Waals surface area (Å²) >= 11 is 0. The molecule has 1 aromatic carbocycles. The van der Waals surface area contributed by atoms with Gasteiger partial charge >= 0.3 is 0 Å². The number of nitrogens with zero attached hydrogens (tertiary/aromatic N) is 1. The van der Waals surface area contributed by atoms with E-state index in [1.165, 1.54) is 24.3 Å². The fourth-order valence-corrected chi connectivity index (χ4v) is 5.04. The topological polar surface area (TPSA) is 92.5 Å². The number of rotatable bonds is 3. The van der Waals surface area contributed by atoms with Crippen molar-refractivity contribution in [2.24, 2.45) is 17.6 Å². The van der Waals surface area contributed by atoms with Gasteiger partial charge in [-0.25, -0.2) is 8.42 Å². The van der Waals surface area contributed by atoms with E-state index in [9.17, 15) is 13.2 Å². The zero-order valence-electron chi connectivity index (χ0n) is 12.9. The molecule has 2 aliphatic rings. The Hall–Kier alpha value is -1.15. The minimum absolute atomic E-state index is 0. The Labute approximate surface area is 142 Å². The summed E-state index contributed by atoms with van der Waals surface area (Å²) in [6.45, 7) is 0.994. The highest BCUT2D eigenvalue weighted by Crippen LogP contribution is 2.37. The number of hydrogen-bond donors (Lipinski definition) is 2. The van der Waals surface area contributed by atoms with Gasteiger partial charge < -0.3 is 11.1 Å². The van der Waals surface area contributed by atoms with Gasteiger partial charge in [0.25, 0.3) is 5.91 Å². The maximum absolute atomic E-state index is 12.7. The average molecular weight is 360 g/mol. The van der Waals surface area contributed by atoms with E-state index in [0.717, 1.165) is 12.8 Å². The molecule has 1 aromatic rings. The molecule has 1 aliphatic carbocycles. The summed E-state index contributed by atoms with van der Waals surface area (Å²) in [5.41, 5.74) is 6.58. The monoisotopic (exact) mass is 359 g/mol. The lowest BCUT2D eigenvalue weighted by atomic mass is 9.95. The number of nitrogens with two attached hydrogens (primary N) is 1. The summed E-state index contributed by atoms with van der Waals surface area (Å²) in [6, 6.07) is 6.20. The third kappa shape index (κ3) is 3.24. The first-order valence-corrected chi connectivity index (χ1v) is 8.95. The van der Waals surface area contributed by atoms with E-state index >= 15 is 0 Å². The van der Waals surface area contributed by atoms with E-state index < -0.39 is 10.0 Å². The van der Waals surface area contributed by atoms with Crippen LogP contribution in [0.3, 0.4) is 0 Å². The van der Waals surface area contributed by atoms with Crippen LogP contribution in [0.5, 0.6) is 0 Å². The second-order valence-electron chi connectivity index (χ2n) is 6.10. The number of piperidine rings is 1. The van der Waals surface area contributed by atoms with Gasteiger partial charge in [-0.05, 0) is 48.9 Å². The van der Waals surface area contributed by atoms with Crippen LogP contribution in [-0.4, -0.2) is 44.8 Å². The minimum Gasteiger partial charge on any atom is -0.355 e. The molecule has 23 heavy (non-hydrogen) atoms. The molecule has 128 valence electrons. The number of hydrogen-bond acceptors (Lipinski definition) is 4. The number of nitrogens with one attached hydrogen (secondary N) is 1. The van der Waals surface area contributed by atoms with E-state index in [1.54, 1.807) is 11.4 Å². The lowest BCUT2D eigenvalue weighted by Crippen LogP contribution is -2.50. The maximum atomic E-state index is 12.7. The Kier molecular flexibility index (Phi) is 5.35. The smallest absolute Gasteiger partial charge is 0.251 e. The van der Waals surface area contributed by atoms with Gasteiger partial charge in [-0.1, -0.05) is 0 Å². The largest absolute Gasteiger partial charge is 0.355 e. The number of fused-ring (bicyclic) bond motifs is 2. The van der Waals surface area contributed by atoms with Crippen molar-refractivity contribution in [3.63, 3.8) is 0 Å². The first-order valence-electron chi connectivity index (χ1n) is 7.51. The molecule has 3 atom stereocenters. The van der Waals surface area contributed by atoms with E-state index in [4.69, 9.17) is 5.73 Å². The Bertz CT molecular complexity index is 664. The molecule has 1 unspecified atom stereocenters. The number of amides is 1. The van der Waals surface area contributed by atoms with E-state index in [2.05, 4.69) is 5.32 Å². The van der Waals surface area contributed by atoms with Gasteiger partial charge in [-0.2, -0.15) is 4.31 Å². The molecule has 0 aromatic heterocycles. The Balaban J connectivity index is 0.00000192. The predicted molar refractivity (Wildman–Crippen MR) is 90.0 cm³/mol. The second kappa shape index (κ2) is 6.76. The first-order chi connectivity index (χ1) is 10.4. The van der Waals surface area contributed by atoms with Crippen LogP contribution in [0.2, 0.25) is 0 Å². The van der Waals surface area contributed by atoms with Gasteiger partial charge in [-0.3, -0.25) is 4.79 Å². The average Bonchev–Trinajstić information content (AvgIpc) is 2.75. The zero-order chi connectivity index (χ0) is 15.9. The molecule has 0 spiro atoms. The molecule has 1 amide bonds. The van der Waals surface area contributed by atoms with Gasteiger partial charge in [-0.15, -0.1) is 12.4 Å². The number of carbonyl (C=O) groups is 1. The van der Waals surface area contributed by atoms with Crippen molar-refractivity contribution in [1.82, 2.24) is 9.62 Å². The van der Waals surface area contributed by atoms with Crippen molar-refractivity contribution < 1.29 is 13.2 Å². The zero-order valence-corrected chi connectivity index (χ0v) is 14.6. The Morgan fingerprint density at radius 1 is 1.17 bits per heavy atom. The van der Waals surface area contributed by atoms with Crippen molar-refractivity contribution in [3.05, 3.63) is 29.8 Å². The molecule has 2 fully saturated rings. The molecule has 3 rings (SSSR count). The molecule has 1 saturated heterocycles. The fourth-order valence-electron chi connectivity index (χ4n) is 3.49. The second-order valence-corrected chi connectivity index (χ2v) is 8.04. The number of carbonyl (C=O) groups excluding carboxylic acids is 1. The number of halogens is 1. The molecule has 0 radical (unpaired) electrons. The normalized spacial score (nSPS) is 27.3. The summed E-state index contributed by atoms with van der Waals surface area (Å²) < 4.78 is 27.0. The van der Waals surface area contributed by atoms with Gasteiger partial charge in [0.05, 0.1) is 4.90 Å². The van der Waals surface area contributed by atoms with E-state index in [1.807, 2.05) is 0 Å². The van der Waals surface area contributed by atoms with Crippen molar-refractivity contribution in [3.8, 4) is 0 Å². The highest BCUT2D eigenvalue weighted by molar-refractivity contribution is 7.89. The number of sulfonamides is 1. The third-order valence-corrected chi connectivity index (χ3v) is 6.70. The molecule has 1 heterocycles. The lowest BCUT2D eigenvalue weighted by molar-refractivity contribution is 0.0963. The summed E-state index contributed by atoms with van der Waals surface area (Å²) in [6.07, 6.45) is 2.01. The van der Waals surface area contributed by atoms with E-state index in [0.29, 0.717) is 18.7 Å². The van der Waals surface area contributed by atoms with Crippen LogP contribution in [0, 0.1) is 11.8 Å². The molecule has 1 aliphatic heterocycles. The van der Waals surface area contributed by atoms with Crippen molar-refractivity contribution in [1.29, 1.82) is 0 Å². The minimum atomic E-state index is -3.51. The van der Waals surface area contributed by atoms with E-state index in [-0.39, 0.29) is 41.1 Å². The first kappa shape index (κ1) is 18.2. The van der Waals surface area contributed by atoms with Gasteiger partial charge in [0.2, 0.25) is 10.0 Å². The van der Waals surface area contributed by atoms with Gasteiger partial charge in [0.15, 0.2) is 0 Å². The fraction of sp³-hybridized carbons (Fsp3) is 0.533. The Morgan fingerprint density at radius 2 is 1.70 bits per heavy atom. The highest BCUT2D eigenvalue weighted by atomic mass is 35.5. The van der Waals surface area contributed by atoms with Gasteiger partial charge in [0, 0.05) is 31.7 Å². The molecule has 1 saturated carbocycles. The highest BCUT2D eigenvalue weighted by Gasteiger charge is 2.43. The molecular weight excluding hydrogens is 338 g/mol. The molecule has 8 heteroatoms. The number of benzene rings is 1. The summed E-state index contributed by atoms with van der Waals surface area (Å²) in [4.78, 5) is 11.8. The van der Waals surface area contributed by atoms with Crippen molar-refractivity contribution in [2.45, 2.75) is 23.8 Å². The molecule has 6 nitrogen and oxygen atoms in total. The molecule has 2 bridgehead atoms. The van der Waals surface area contributed by atoms with Crippen molar-refractivity contribution >= 4 is 28.3 Å². The quantitative estimate of drug-likeness (QED) is 0.835. The maximum Gasteiger partial charge on any atom is 0.251 e. The summed E-state index contributed by atoms with van der Waals surface area (Å²) in [7, 11) is -1.97. The third-order valence-electron chi connectivity index (χ3n) is 4.85. The van der Waals surface area contributed by atoms with Crippen LogP contribution >= 0.6 is 12.4 Å². The van der Waals surface area contributed by atoms with Gasteiger partial charge in [0.1, 0.15) is 0 Å². The molecule has 3 N–H and O–H groups in total. The van der Waals surface area contributed by atoms with Crippen LogP contribution < -0.4 is 11.1 Å². The molecular formula is C15H22ClN3O3S. The van der Waals surface area contributed by atoms with Crippen LogP contribution in [0.1, 0.15) is 23.2 Å². The van der Waals surface area contributed by atoms with Crippen LogP contribution in [0.25, 0.3) is 0 Å². The van der Waals surface area contributed by atoms with Crippen LogP contribution in [0.4, 0.5) is 0 Å². The standard InChI is InChI=1S/C15H21N3O3S.ClH/c1-17-15(19)10-4-6-13(7-5-10)22(20,21)18-8-11-2-3-12(9-18)14(11)16;/h4-7,11-12,14H,2-3,8-9,16H2,1H3,(H,17,19);1H/t11-,12+,14?;. The SMILES string of the molecule is CNC(=O)c1ccc(S(=O)(=O)N2C[C@H]3CC[C@@H](C2)C3N)cc1.Cl. The summed E-state index contributed by atoms with van der Waals surface area (Å²) in [5, 5.41) is 2.51. The Morgan fingerprint density at radius 3 is 2.17 bits per heavy atom. The van der Waals surface area contributed by atoms with Crippen LogP contribution in [-0.2, 0) is 10.0 Å². The van der Waals surface area contributed by atoms with Crippen LogP contribution in [0.15, 0.2) is 29.2 Å². The summed E-state index contributed by atoms with van der Waals surface area (Å²) in [5.74, 6) is 0.295.